The Hall–Kier alpha value is -2.57. The number of fused-ring (bicyclic) bond motifs is 1. The highest BCUT2D eigenvalue weighted by Crippen LogP contribution is 2.30. The van der Waals surface area contributed by atoms with E-state index in [9.17, 15) is 4.79 Å². The molecule has 110 valence electrons. The fraction of sp³-hybridized carbons (Fsp3) is 0.357. The topological polar surface area (TPSA) is 89.1 Å². The van der Waals surface area contributed by atoms with Crippen LogP contribution in [0.1, 0.15) is 22.0 Å². The minimum Gasteiger partial charge on any atom is -0.486 e. The van der Waals surface area contributed by atoms with Gasteiger partial charge in [-0.05, 0) is 31.0 Å². The van der Waals surface area contributed by atoms with Gasteiger partial charge < -0.3 is 14.8 Å². The van der Waals surface area contributed by atoms with Crippen LogP contribution < -0.4 is 14.8 Å². The second-order valence-corrected chi connectivity index (χ2v) is 4.73. The van der Waals surface area contributed by atoms with Gasteiger partial charge in [0, 0.05) is 6.54 Å². The lowest BCUT2D eigenvalue weighted by atomic mass is 10.1. The van der Waals surface area contributed by atoms with E-state index in [2.05, 4.69) is 20.5 Å². The molecule has 1 aliphatic heterocycles. The molecule has 7 heteroatoms. The summed E-state index contributed by atoms with van der Waals surface area (Å²) in [6.45, 7) is 3.40. The zero-order chi connectivity index (χ0) is 14.7. The Labute approximate surface area is 121 Å². The Bertz CT molecular complexity index is 653. The number of aryl methyl sites for hydroxylation is 1. The van der Waals surface area contributed by atoms with Crippen LogP contribution in [-0.4, -0.2) is 40.8 Å². The molecule has 0 bridgehead atoms. The number of hydrogen-bond acceptors (Lipinski definition) is 5. The Morgan fingerprint density at radius 1 is 1.33 bits per heavy atom. The van der Waals surface area contributed by atoms with Crippen LogP contribution in [-0.2, 0) is 6.42 Å². The second kappa shape index (κ2) is 5.82. The van der Waals surface area contributed by atoms with E-state index in [1.54, 1.807) is 6.92 Å². The largest absolute Gasteiger partial charge is 0.486 e. The number of carbonyl (C=O) groups excluding carboxylic acids is 1. The Morgan fingerprint density at radius 3 is 2.90 bits per heavy atom. The van der Waals surface area contributed by atoms with Crippen molar-refractivity contribution in [1.82, 2.24) is 20.5 Å². The van der Waals surface area contributed by atoms with Gasteiger partial charge in [0.25, 0.3) is 5.91 Å². The van der Waals surface area contributed by atoms with Gasteiger partial charge in [-0.1, -0.05) is 6.07 Å². The molecule has 3 rings (SSSR count). The van der Waals surface area contributed by atoms with E-state index in [0.717, 1.165) is 17.1 Å². The van der Waals surface area contributed by atoms with Gasteiger partial charge in [-0.3, -0.25) is 9.89 Å². The van der Waals surface area contributed by atoms with Crippen LogP contribution in [0, 0.1) is 6.92 Å². The monoisotopic (exact) mass is 288 g/mol. The number of nitrogens with zero attached hydrogens (tertiary/aromatic N) is 2. The number of nitrogens with one attached hydrogen (secondary N) is 2. The molecule has 0 spiro atoms. The second-order valence-electron chi connectivity index (χ2n) is 4.73. The Balaban J connectivity index is 1.54. The highest BCUT2D eigenvalue weighted by atomic mass is 16.6. The molecule has 1 amide bonds. The van der Waals surface area contributed by atoms with Crippen molar-refractivity contribution in [3.8, 4) is 11.5 Å². The SMILES string of the molecule is Cc1nc(C(=O)NCCc2ccc3c(c2)OCCO3)n[nH]1. The van der Waals surface area contributed by atoms with Crippen LogP contribution in [0.25, 0.3) is 0 Å². The van der Waals surface area contributed by atoms with Crippen molar-refractivity contribution in [2.24, 2.45) is 0 Å². The first-order chi connectivity index (χ1) is 10.2. The van der Waals surface area contributed by atoms with Crippen molar-refractivity contribution in [1.29, 1.82) is 0 Å². The Kier molecular flexibility index (Phi) is 3.72. The van der Waals surface area contributed by atoms with Crippen molar-refractivity contribution in [2.45, 2.75) is 13.3 Å². The van der Waals surface area contributed by atoms with Crippen LogP contribution in [0.15, 0.2) is 18.2 Å². The molecule has 21 heavy (non-hydrogen) atoms. The van der Waals surface area contributed by atoms with E-state index in [4.69, 9.17) is 9.47 Å². The average Bonchev–Trinajstić information content (AvgIpc) is 2.94. The lowest BCUT2D eigenvalue weighted by Gasteiger charge is -2.18. The zero-order valence-corrected chi connectivity index (χ0v) is 11.7. The van der Waals surface area contributed by atoms with Gasteiger partial charge in [0.1, 0.15) is 19.0 Å². The number of aromatic amines is 1. The summed E-state index contributed by atoms with van der Waals surface area (Å²) in [6.07, 6.45) is 0.700. The first-order valence-corrected chi connectivity index (χ1v) is 6.78. The number of hydrogen-bond donors (Lipinski definition) is 2. The first kappa shape index (κ1) is 13.4. The lowest BCUT2D eigenvalue weighted by Crippen LogP contribution is -2.26. The van der Waals surface area contributed by atoms with Gasteiger partial charge in [0.15, 0.2) is 11.5 Å². The number of benzene rings is 1. The van der Waals surface area contributed by atoms with Gasteiger partial charge in [0.2, 0.25) is 5.82 Å². The third-order valence-corrected chi connectivity index (χ3v) is 3.11. The standard InChI is InChI=1S/C14H16N4O3/c1-9-16-13(18-17-9)14(19)15-5-4-10-2-3-11-12(8-10)21-7-6-20-11/h2-3,8H,4-7H2,1H3,(H,15,19)(H,16,17,18). The molecule has 0 unspecified atom stereocenters. The minimum atomic E-state index is -0.281. The summed E-state index contributed by atoms with van der Waals surface area (Å²) < 4.78 is 11.0. The van der Waals surface area contributed by atoms with Gasteiger partial charge in [-0.25, -0.2) is 4.98 Å². The summed E-state index contributed by atoms with van der Waals surface area (Å²) in [5, 5.41) is 9.24. The molecule has 0 saturated heterocycles. The number of rotatable bonds is 4. The van der Waals surface area contributed by atoms with Crippen molar-refractivity contribution in [2.75, 3.05) is 19.8 Å². The maximum Gasteiger partial charge on any atom is 0.290 e. The molecule has 2 aromatic rings. The number of amides is 1. The van der Waals surface area contributed by atoms with Gasteiger partial charge in [-0.15, -0.1) is 5.10 Å². The molecule has 1 aliphatic rings. The number of H-pyrrole nitrogens is 1. The van der Waals surface area contributed by atoms with Gasteiger partial charge >= 0.3 is 0 Å². The smallest absolute Gasteiger partial charge is 0.290 e. The van der Waals surface area contributed by atoms with Crippen LogP contribution in [0.4, 0.5) is 0 Å². The van der Waals surface area contributed by atoms with Gasteiger partial charge in [-0.2, -0.15) is 0 Å². The molecule has 7 nitrogen and oxygen atoms in total. The molecule has 0 radical (unpaired) electrons. The third kappa shape index (κ3) is 3.13. The number of aromatic nitrogens is 3. The average molecular weight is 288 g/mol. The fourth-order valence-corrected chi connectivity index (χ4v) is 2.09. The third-order valence-electron chi connectivity index (χ3n) is 3.11. The molecule has 2 N–H and O–H groups in total. The first-order valence-electron chi connectivity index (χ1n) is 6.78. The highest BCUT2D eigenvalue weighted by molar-refractivity contribution is 5.90. The predicted molar refractivity (Wildman–Crippen MR) is 74.6 cm³/mol. The maximum atomic E-state index is 11.8. The fourth-order valence-electron chi connectivity index (χ4n) is 2.09. The molecule has 1 aromatic heterocycles. The molecular weight excluding hydrogens is 272 g/mol. The van der Waals surface area contributed by atoms with E-state index in [1.165, 1.54) is 0 Å². The van der Waals surface area contributed by atoms with Crippen LogP contribution >= 0.6 is 0 Å². The van der Waals surface area contributed by atoms with Crippen molar-refractivity contribution in [3.63, 3.8) is 0 Å². The Morgan fingerprint density at radius 2 is 2.14 bits per heavy atom. The summed E-state index contributed by atoms with van der Waals surface area (Å²) >= 11 is 0. The number of ether oxygens (including phenoxy) is 2. The molecule has 2 heterocycles. The number of carbonyl (C=O) groups is 1. The molecule has 0 fully saturated rings. The van der Waals surface area contributed by atoms with Crippen molar-refractivity contribution >= 4 is 5.91 Å². The van der Waals surface area contributed by atoms with Crippen molar-refractivity contribution in [3.05, 3.63) is 35.4 Å². The summed E-state index contributed by atoms with van der Waals surface area (Å²) in [4.78, 5) is 15.8. The molecular formula is C14H16N4O3. The molecule has 1 aromatic carbocycles. The van der Waals surface area contributed by atoms with E-state index >= 15 is 0 Å². The molecule has 0 atom stereocenters. The van der Waals surface area contributed by atoms with Crippen LogP contribution in [0.5, 0.6) is 11.5 Å². The van der Waals surface area contributed by atoms with E-state index in [0.29, 0.717) is 32.0 Å². The summed E-state index contributed by atoms with van der Waals surface area (Å²) in [7, 11) is 0. The zero-order valence-electron chi connectivity index (χ0n) is 11.7. The van der Waals surface area contributed by atoms with E-state index < -0.39 is 0 Å². The lowest BCUT2D eigenvalue weighted by molar-refractivity contribution is 0.0944. The van der Waals surface area contributed by atoms with Gasteiger partial charge in [0.05, 0.1) is 0 Å². The molecule has 0 aliphatic carbocycles. The van der Waals surface area contributed by atoms with Crippen LogP contribution in [0.3, 0.4) is 0 Å². The van der Waals surface area contributed by atoms with E-state index in [-0.39, 0.29) is 11.7 Å². The summed E-state index contributed by atoms with van der Waals surface area (Å²) in [5.41, 5.74) is 1.07. The van der Waals surface area contributed by atoms with E-state index in [1.807, 2.05) is 18.2 Å². The van der Waals surface area contributed by atoms with Crippen LogP contribution in [0.2, 0.25) is 0 Å². The molecule has 0 saturated carbocycles. The maximum absolute atomic E-state index is 11.8. The quantitative estimate of drug-likeness (QED) is 0.871. The normalized spacial score (nSPS) is 13.0. The summed E-state index contributed by atoms with van der Waals surface area (Å²) in [6, 6.07) is 5.80. The van der Waals surface area contributed by atoms with Crippen molar-refractivity contribution < 1.29 is 14.3 Å². The predicted octanol–water partition coefficient (Wildman–Crippen LogP) is 0.857. The summed E-state index contributed by atoms with van der Waals surface area (Å²) in [5.74, 6) is 2.03. The highest BCUT2D eigenvalue weighted by Gasteiger charge is 2.13. The minimum absolute atomic E-state index is 0.162.